The van der Waals surface area contributed by atoms with E-state index < -0.39 is 0 Å². The molecule has 1 fully saturated rings. The maximum atomic E-state index is 5.74. The van der Waals surface area contributed by atoms with E-state index in [0.717, 1.165) is 18.5 Å². The van der Waals surface area contributed by atoms with Gasteiger partial charge in [0.05, 0.1) is 17.9 Å². The van der Waals surface area contributed by atoms with Crippen molar-refractivity contribution < 1.29 is 9.47 Å². The lowest BCUT2D eigenvalue weighted by Gasteiger charge is -2.30. The van der Waals surface area contributed by atoms with Crippen molar-refractivity contribution in [1.82, 2.24) is 4.98 Å². The van der Waals surface area contributed by atoms with Crippen molar-refractivity contribution in [2.45, 2.75) is 57.8 Å². The van der Waals surface area contributed by atoms with Crippen molar-refractivity contribution in [1.29, 1.82) is 0 Å². The van der Waals surface area contributed by atoms with E-state index in [9.17, 15) is 0 Å². The summed E-state index contributed by atoms with van der Waals surface area (Å²) < 4.78 is 11.2. The maximum absolute atomic E-state index is 5.74. The van der Waals surface area contributed by atoms with Gasteiger partial charge in [0.25, 0.3) is 0 Å². The first kappa shape index (κ1) is 14.1. The normalized spacial score (nSPS) is 23.4. The van der Waals surface area contributed by atoms with Gasteiger partial charge in [-0.1, -0.05) is 0 Å². The van der Waals surface area contributed by atoms with Gasteiger partial charge in [-0.2, -0.15) is 0 Å². The van der Waals surface area contributed by atoms with Gasteiger partial charge in [-0.3, -0.25) is 0 Å². The third-order valence-electron chi connectivity index (χ3n) is 3.44. The molecule has 0 aliphatic heterocycles. The Morgan fingerprint density at radius 2 is 2.21 bits per heavy atom. The molecule has 2 unspecified atom stereocenters. The van der Waals surface area contributed by atoms with Crippen LogP contribution in [0.3, 0.4) is 0 Å². The number of nitrogens with one attached hydrogen (secondary N) is 1. The summed E-state index contributed by atoms with van der Waals surface area (Å²) in [6, 6.07) is 4.41. The van der Waals surface area contributed by atoms with Crippen LogP contribution in [0.1, 0.15) is 39.5 Å². The third kappa shape index (κ3) is 4.10. The molecule has 0 radical (unpaired) electrons. The topological polar surface area (TPSA) is 43.4 Å². The van der Waals surface area contributed by atoms with Crippen molar-refractivity contribution in [2.75, 3.05) is 12.4 Å². The van der Waals surface area contributed by atoms with Gasteiger partial charge in [-0.25, -0.2) is 4.98 Å². The van der Waals surface area contributed by atoms with Gasteiger partial charge in [0, 0.05) is 19.3 Å². The molecule has 0 bridgehead atoms. The van der Waals surface area contributed by atoms with Gasteiger partial charge in [0.2, 0.25) is 5.88 Å². The minimum absolute atomic E-state index is 0.133. The molecule has 1 aliphatic carbocycles. The first-order chi connectivity index (χ1) is 9.19. The predicted molar refractivity (Wildman–Crippen MR) is 76.7 cm³/mol. The summed E-state index contributed by atoms with van der Waals surface area (Å²) in [6.45, 7) is 4.03. The number of methoxy groups -OCH3 is 1. The van der Waals surface area contributed by atoms with Crippen LogP contribution in [0, 0.1) is 0 Å². The lowest BCUT2D eigenvalue weighted by atomic mass is 9.92. The summed E-state index contributed by atoms with van der Waals surface area (Å²) >= 11 is 0. The quantitative estimate of drug-likeness (QED) is 0.886. The Labute approximate surface area is 115 Å². The van der Waals surface area contributed by atoms with Gasteiger partial charge in [0.15, 0.2) is 0 Å². The van der Waals surface area contributed by atoms with E-state index in [1.165, 1.54) is 12.8 Å². The molecule has 0 aromatic carbocycles. The van der Waals surface area contributed by atoms with E-state index >= 15 is 0 Å². The summed E-state index contributed by atoms with van der Waals surface area (Å²) in [6.07, 6.45) is 6.86. The number of anilines is 1. The highest BCUT2D eigenvalue weighted by Crippen LogP contribution is 2.28. The van der Waals surface area contributed by atoms with Gasteiger partial charge in [0.1, 0.15) is 0 Å². The molecule has 2 atom stereocenters. The van der Waals surface area contributed by atoms with Crippen molar-refractivity contribution in [3.63, 3.8) is 0 Å². The standard InChI is InChI=1S/C15H24N2O2/c1-11(2)19-15-14(8-5-9-16-15)17-12-6-4-7-13(10-12)18-3/h5,8-9,11-13,17H,4,6-7,10H2,1-3H3. The van der Waals surface area contributed by atoms with Crippen LogP contribution < -0.4 is 10.1 Å². The molecular formula is C15H24N2O2. The smallest absolute Gasteiger partial charge is 0.237 e. The Morgan fingerprint density at radius 3 is 2.95 bits per heavy atom. The fourth-order valence-electron chi connectivity index (χ4n) is 2.53. The average Bonchev–Trinajstić information content (AvgIpc) is 2.41. The predicted octanol–water partition coefficient (Wildman–Crippen LogP) is 3.24. The lowest BCUT2D eigenvalue weighted by Crippen LogP contribution is -2.31. The minimum Gasteiger partial charge on any atom is -0.473 e. The van der Waals surface area contributed by atoms with E-state index in [0.29, 0.717) is 18.0 Å². The Hall–Kier alpha value is -1.29. The van der Waals surface area contributed by atoms with Crippen LogP contribution in [-0.4, -0.2) is 30.3 Å². The fourth-order valence-corrected chi connectivity index (χ4v) is 2.53. The first-order valence-corrected chi connectivity index (χ1v) is 7.10. The Kier molecular flexibility index (Phi) is 5.02. The second kappa shape index (κ2) is 6.75. The zero-order valence-corrected chi connectivity index (χ0v) is 12.1. The Balaban J connectivity index is 2.01. The molecule has 1 aromatic heterocycles. The van der Waals surface area contributed by atoms with Crippen LogP contribution in [0.5, 0.6) is 5.88 Å². The molecule has 4 heteroatoms. The summed E-state index contributed by atoms with van der Waals surface area (Å²) in [5.74, 6) is 0.692. The molecule has 0 saturated heterocycles. The zero-order valence-electron chi connectivity index (χ0n) is 12.1. The second-order valence-electron chi connectivity index (χ2n) is 5.39. The lowest BCUT2D eigenvalue weighted by molar-refractivity contribution is 0.0668. The summed E-state index contributed by atoms with van der Waals surface area (Å²) in [5.41, 5.74) is 0.984. The van der Waals surface area contributed by atoms with E-state index in [1.807, 2.05) is 26.0 Å². The molecule has 1 aromatic rings. The highest BCUT2D eigenvalue weighted by molar-refractivity contribution is 5.52. The SMILES string of the molecule is COC1CCCC(Nc2cccnc2OC(C)C)C1. The van der Waals surface area contributed by atoms with Crippen molar-refractivity contribution >= 4 is 5.69 Å². The number of pyridine rings is 1. The monoisotopic (exact) mass is 264 g/mol. The maximum Gasteiger partial charge on any atom is 0.237 e. The molecule has 1 N–H and O–H groups in total. The van der Waals surface area contributed by atoms with Crippen molar-refractivity contribution in [3.05, 3.63) is 18.3 Å². The van der Waals surface area contributed by atoms with Gasteiger partial charge >= 0.3 is 0 Å². The number of ether oxygens (including phenoxy) is 2. The molecule has 19 heavy (non-hydrogen) atoms. The number of hydrogen-bond donors (Lipinski definition) is 1. The average molecular weight is 264 g/mol. The molecule has 1 heterocycles. The van der Waals surface area contributed by atoms with E-state index in [2.05, 4.69) is 10.3 Å². The number of hydrogen-bond acceptors (Lipinski definition) is 4. The number of rotatable bonds is 5. The van der Waals surface area contributed by atoms with Crippen LogP contribution in [0.2, 0.25) is 0 Å². The second-order valence-corrected chi connectivity index (χ2v) is 5.39. The van der Waals surface area contributed by atoms with Crippen LogP contribution >= 0.6 is 0 Å². The summed E-state index contributed by atoms with van der Waals surface area (Å²) in [4.78, 5) is 4.31. The zero-order chi connectivity index (χ0) is 13.7. The summed E-state index contributed by atoms with van der Waals surface area (Å²) in [7, 11) is 1.80. The van der Waals surface area contributed by atoms with Gasteiger partial charge in [-0.05, 0) is 51.7 Å². The van der Waals surface area contributed by atoms with Gasteiger partial charge in [-0.15, -0.1) is 0 Å². The third-order valence-corrected chi connectivity index (χ3v) is 3.44. The molecule has 4 nitrogen and oxygen atoms in total. The molecule has 1 aliphatic rings. The van der Waals surface area contributed by atoms with E-state index in [1.54, 1.807) is 13.3 Å². The Morgan fingerprint density at radius 1 is 1.37 bits per heavy atom. The number of nitrogens with zero attached hydrogens (tertiary/aromatic N) is 1. The fraction of sp³-hybridized carbons (Fsp3) is 0.667. The molecule has 1 saturated carbocycles. The molecular weight excluding hydrogens is 240 g/mol. The highest BCUT2D eigenvalue weighted by atomic mass is 16.5. The van der Waals surface area contributed by atoms with Gasteiger partial charge < -0.3 is 14.8 Å². The van der Waals surface area contributed by atoms with Crippen LogP contribution in [-0.2, 0) is 4.74 Å². The van der Waals surface area contributed by atoms with Crippen LogP contribution in [0.4, 0.5) is 5.69 Å². The highest BCUT2D eigenvalue weighted by Gasteiger charge is 2.22. The van der Waals surface area contributed by atoms with E-state index in [-0.39, 0.29) is 6.10 Å². The minimum atomic E-state index is 0.133. The van der Waals surface area contributed by atoms with Crippen LogP contribution in [0.25, 0.3) is 0 Å². The first-order valence-electron chi connectivity index (χ1n) is 7.10. The van der Waals surface area contributed by atoms with Crippen molar-refractivity contribution in [3.8, 4) is 5.88 Å². The van der Waals surface area contributed by atoms with Crippen LogP contribution in [0.15, 0.2) is 18.3 Å². The molecule has 106 valence electrons. The molecule has 0 amide bonds. The Bertz CT molecular complexity index is 395. The largest absolute Gasteiger partial charge is 0.473 e. The van der Waals surface area contributed by atoms with E-state index in [4.69, 9.17) is 9.47 Å². The van der Waals surface area contributed by atoms with Crippen molar-refractivity contribution in [2.24, 2.45) is 0 Å². The summed E-state index contributed by atoms with van der Waals surface area (Å²) in [5, 5.41) is 3.55. The number of aromatic nitrogens is 1. The molecule has 2 rings (SSSR count). The molecule has 0 spiro atoms.